The molecule has 2 N–H and O–H groups in total. The Kier molecular flexibility index (Phi) is 4.42. The van der Waals surface area contributed by atoms with Crippen molar-refractivity contribution >= 4 is 6.03 Å². The average Bonchev–Trinajstić information content (AvgIpc) is 2.90. The van der Waals surface area contributed by atoms with E-state index in [-0.39, 0.29) is 6.03 Å². The summed E-state index contributed by atoms with van der Waals surface area (Å²) in [5.41, 5.74) is 0. The highest BCUT2D eigenvalue weighted by molar-refractivity contribution is 5.76. The Bertz CT molecular complexity index is 229. The van der Waals surface area contributed by atoms with Crippen LogP contribution in [0.4, 0.5) is 4.79 Å². The first kappa shape index (κ1) is 11.7. The SMILES string of the molecule is O=C1NCCN1CCNCCC1CCCO1. The van der Waals surface area contributed by atoms with E-state index in [0.717, 1.165) is 45.8 Å². The molecule has 1 atom stereocenters. The van der Waals surface area contributed by atoms with E-state index in [0.29, 0.717) is 6.10 Å². The molecule has 92 valence electrons. The van der Waals surface area contributed by atoms with Crippen molar-refractivity contribution in [2.75, 3.05) is 39.3 Å². The number of amides is 2. The fourth-order valence-corrected chi connectivity index (χ4v) is 2.20. The monoisotopic (exact) mass is 227 g/mol. The molecular weight excluding hydrogens is 206 g/mol. The molecule has 2 amide bonds. The van der Waals surface area contributed by atoms with Gasteiger partial charge in [-0.25, -0.2) is 4.79 Å². The lowest BCUT2D eigenvalue weighted by atomic mass is 10.2. The van der Waals surface area contributed by atoms with E-state index in [9.17, 15) is 4.79 Å². The first-order chi connectivity index (χ1) is 7.86. The van der Waals surface area contributed by atoms with Gasteiger partial charge < -0.3 is 20.3 Å². The Hall–Kier alpha value is -0.810. The van der Waals surface area contributed by atoms with Gasteiger partial charge >= 0.3 is 6.03 Å². The van der Waals surface area contributed by atoms with Gasteiger partial charge in [-0.05, 0) is 25.8 Å². The van der Waals surface area contributed by atoms with Crippen LogP contribution in [0, 0.1) is 0 Å². The van der Waals surface area contributed by atoms with Gasteiger partial charge in [0, 0.05) is 32.8 Å². The van der Waals surface area contributed by atoms with Crippen LogP contribution >= 0.6 is 0 Å². The summed E-state index contributed by atoms with van der Waals surface area (Å²) in [6.07, 6.45) is 3.96. The number of hydrogen-bond acceptors (Lipinski definition) is 3. The topological polar surface area (TPSA) is 53.6 Å². The molecule has 0 aromatic carbocycles. The van der Waals surface area contributed by atoms with E-state index in [2.05, 4.69) is 10.6 Å². The molecule has 2 fully saturated rings. The first-order valence-electron chi connectivity index (χ1n) is 6.21. The molecule has 2 saturated heterocycles. The second kappa shape index (κ2) is 6.06. The zero-order chi connectivity index (χ0) is 11.2. The minimum Gasteiger partial charge on any atom is -0.378 e. The number of urea groups is 1. The third-order valence-corrected chi connectivity index (χ3v) is 3.17. The lowest BCUT2D eigenvalue weighted by molar-refractivity contribution is 0.104. The smallest absolute Gasteiger partial charge is 0.317 e. The molecule has 5 heteroatoms. The lowest BCUT2D eigenvalue weighted by Gasteiger charge is -2.15. The quantitative estimate of drug-likeness (QED) is 0.636. The van der Waals surface area contributed by atoms with Gasteiger partial charge in [0.15, 0.2) is 0 Å². The molecule has 1 unspecified atom stereocenters. The van der Waals surface area contributed by atoms with Crippen LogP contribution in [0.15, 0.2) is 0 Å². The van der Waals surface area contributed by atoms with Crippen molar-refractivity contribution in [2.45, 2.75) is 25.4 Å². The minimum absolute atomic E-state index is 0.0703. The van der Waals surface area contributed by atoms with Crippen molar-refractivity contribution in [1.29, 1.82) is 0 Å². The predicted octanol–water partition coefficient (Wildman–Crippen LogP) is 0.170. The van der Waals surface area contributed by atoms with Crippen molar-refractivity contribution in [3.63, 3.8) is 0 Å². The number of hydrogen-bond donors (Lipinski definition) is 2. The van der Waals surface area contributed by atoms with Gasteiger partial charge in [-0.3, -0.25) is 0 Å². The van der Waals surface area contributed by atoms with Crippen LogP contribution in [0.25, 0.3) is 0 Å². The zero-order valence-corrected chi connectivity index (χ0v) is 9.71. The molecule has 2 rings (SSSR count). The van der Waals surface area contributed by atoms with Crippen molar-refractivity contribution in [2.24, 2.45) is 0 Å². The number of nitrogens with zero attached hydrogens (tertiary/aromatic N) is 1. The molecule has 5 nitrogen and oxygen atoms in total. The molecule has 0 bridgehead atoms. The van der Waals surface area contributed by atoms with Crippen molar-refractivity contribution in [3.05, 3.63) is 0 Å². The Labute approximate surface area is 96.5 Å². The number of carbonyl (C=O) groups excluding carboxylic acids is 1. The number of ether oxygens (including phenoxy) is 1. The molecule has 0 aromatic rings. The van der Waals surface area contributed by atoms with Crippen LogP contribution in [-0.2, 0) is 4.74 Å². The number of rotatable bonds is 6. The van der Waals surface area contributed by atoms with E-state index < -0.39 is 0 Å². The average molecular weight is 227 g/mol. The Morgan fingerprint density at radius 1 is 1.50 bits per heavy atom. The van der Waals surface area contributed by atoms with Gasteiger partial charge in [0.1, 0.15) is 0 Å². The Morgan fingerprint density at radius 3 is 3.12 bits per heavy atom. The fourth-order valence-electron chi connectivity index (χ4n) is 2.20. The summed E-state index contributed by atoms with van der Waals surface area (Å²) in [4.78, 5) is 13.1. The second-order valence-electron chi connectivity index (χ2n) is 4.39. The van der Waals surface area contributed by atoms with Gasteiger partial charge in [-0.1, -0.05) is 0 Å². The minimum atomic E-state index is 0.0703. The van der Waals surface area contributed by atoms with Crippen LogP contribution in [-0.4, -0.2) is 56.4 Å². The van der Waals surface area contributed by atoms with E-state index >= 15 is 0 Å². The normalized spacial score (nSPS) is 25.1. The van der Waals surface area contributed by atoms with E-state index in [1.54, 1.807) is 0 Å². The van der Waals surface area contributed by atoms with Gasteiger partial charge in [0.25, 0.3) is 0 Å². The number of carbonyl (C=O) groups is 1. The molecule has 0 aromatic heterocycles. The molecule has 0 aliphatic carbocycles. The summed E-state index contributed by atoms with van der Waals surface area (Å²) in [5, 5.41) is 6.15. The van der Waals surface area contributed by atoms with Crippen molar-refractivity contribution < 1.29 is 9.53 Å². The van der Waals surface area contributed by atoms with E-state index in [1.807, 2.05) is 4.90 Å². The van der Waals surface area contributed by atoms with Gasteiger partial charge in [0.05, 0.1) is 6.10 Å². The summed E-state index contributed by atoms with van der Waals surface area (Å²) in [6.45, 7) is 5.22. The van der Waals surface area contributed by atoms with E-state index in [4.69, 9.17) is 4.74 Å². The second-order valence-corrected chi connectivity index (χ2v) is 4.39. The van der Waals surface area contributed by atoms with E-state index in [1.165, 1.54) is 12.8 Å². The first-order valence-corrected chi connectivity index (χ1v) is 6.21. The highest BCUT2D eigenvalue weighted by Gasteiger charge is 2.18. The van der Waals surface area contributed by atoms with Gasteiger partial charge in [-0.15, -0.1) is 0 Å². The van der Waals surface area contributed by atoms with Crippen LogP contribution < -0.4 is 10.6 Å². The highest BCUT2D eigenvalue weighted by atomic mass is 16.5. The molecule has 2 aliphatic heterocycles. The van der Waals surface area contributed by atoms with Crippen LogP contribution in [0.5, 0.6) is 0 Å². The molecule has 2 heterocycles. The molecule has 0 radical (unpaired) electrons. The Balaban J connectivity index is 1.47. The standard InChI is InChI=1S/C11H21N3O2/c15-11-13-6-8-14(11)7-5-12-4-3-10-2-1-9-16-10/h10,12H,1-9H2,(H,13,15). The molecule has 16 heavy (non-hydrogen) atoms. The molecule has 0 spiro atoms. The maximum Gasteiger partial charge on any atom is 0.317 e. The highest BCUT2D eigenvalue weighted by Crippen LogP contribution is 2.14. The fraction of sp³-hybridized carbons (Fsp3) is 0.909. The maximum absolute atomic E-state index is 11.2. The zero-order valence-electron chi connectivity index (χ0n) is 9.71. The Morgan fingerprint density at radius 2 is 2.44 bits per heavy atom. The molecular formula is C11H21N3O2. The predicted molar refractivity (Wildman–Crippen MR) is 61.4 cm³/mol. The number of nitrogens with one attached hydrogen (secondary N) is 2. The van der Waals surface area contributed by atoms with Crippen molar-refractivity contribution in [1.82, 2.24) is 15.5 Å². The van der Waals surface area contributed by atoms with Crippen LogP contribution in [0.3, 0.4) is 0 Å². The lowest BCUT2D eigenvalue weighted by Crippen LogP contribution is -2.35. The van der Waals surface area contributed by atoms with Gasteiger partial charge in [-0.2, -0.15) is 0 Å². The molecule has 0 saturated carbocycles. The third-order valence-electron chi connectivity index (χ3n) is 3.17. The maximum atomic E-state index is 11.2. The van der Waals surface area contributed by atoms with Crippen molar-refractivity contribution in [3.8, 4) is 0 Å². The summed E-state index contributed by atoms with van der Waals surface area (Å²) in [7, 11) is 0. The molecule has 2 aliphatic rings. The third kappa shape index (κ3) is 3.35. The summed E-state index contributed by atoms with van der Waals surface area (Å²) in [6, 6.07) is 0.0703. The van der Waals surface area contributed by atoms with Crippen LogP contribution in [0.1, 0.15) is 19.3 Å². The van der Waals surface area contributed by atoms with Gasteiger partial charge in [0.2, 0.25) is 0 Å². The van der Waals surface area contributed by atoms with Crippen LogP contribution in [0.2, 0.25) is 0 Å². The summed E-state index contributed by atoms with van der Waals surface area (Å²) in [5.74, 6) is 0. The summed E-state index contributed by atoms with van der Waals surface area (Å²) < 4.78 is 5.54. The summed E-state index contributed by atoms with van der Waals surface area (Å²) >= 11 is 0. The largest absolute Gasteiger partial charge is 0.378 e.